The van der Waals surface area contributed by atoms with E-state index in [1.165, 1.54) is 26.5 Å². The Morgan fingerprint density at radius 1 is 1.50 bits per heavy atom. The predicted octanol–water partition coefficient (Wildman–Crippen LogP) is 1.09. The normalized spacial score (nSPS) is 10.1. The first-order valence-electron chi connectivity index (χ1n) is 4.41. The number of benzene rings is 1. The third-order valence-corrected chi connectivity index (χ3v) is 1.76. The van der Waals surface area contributed by atoms with Crippen molar-refractivity contribution in [3.8, 4) is 11.5 Å². The van der Waals surface area contributed by atoms with Crippen molar-refractivity contribution in [2.45, 2.75) is 0 Å². The minimum Gasteiger partial charge on any atom is -0.504 e. The molecule has 2 N–H and O–H groups in total. The Hall–Kier alpha value is -2.24. The third-order valence-electron chi connectivity index (χ3n) is 1.76. The van der Waals surface area contributed by atoms with Crippen molar-refractivity contribution in [2.75, 3.05) is 14.2 Å². The molecule has 0 radical (unpaired) electrons. The van der Waals surface area contributed by atoms with Gasteiger partial charge in [-0.15, -0.1) is 0 Å². The highest BCUT2D eigenvalue weighted by Gasteiger charge is 2.00. The molecular weight excluding hydrogens is 212 g/mol. The van der Waals surface area contributed by atoms with Crippen LogP contribution in [-0.2, 0) is 4.74 Å². The lowest BCUT2D eigenvalue weighted by Crippen LogP contribution is -2.16. The lowest BCUT2D eigenvalue weighted by molar-refractivity contribution is 0.171. The summed E-state index contributed by atoms with van der Waals surface area (Å²) in [5.74, 6) is 0.377. The largest absolute Gasteiger partial charge is 0.504 e. The van der Waals surface area contributed by atoms with E-state index < -0.39 is 6.09 Å². The Labute approximate surface area is 92.5 Å². The summed E-state index contributed by atoms with van der Waals surface area (Å²) < 4.78 is 9.23. The van der Waals surface area contributed by atoms with E-state index in [0.717, 1.165) is 0 Å². The first-order chi connectivity index (χ1) is 7.67. The number of rotatable bonds is 3. The number of nitrogens with one attached hydrogen (secondary N) is 1. The van der Waals surface area contributed by atoms with Gasteiger partial charge in [0.1, 0.15) is 0 Å². The molecule has 1 rings (SSSR count). The van der Waals surface area contributed by atoms with Crippen molar-refractivity contribution in [3.63, 3.8) is 0 Å². The van der Waals surface area contributed by atoms with Crippen LogP contribution in [0.5, 0.6) is 11.5 Å². The number of hydrogen-bond acceptors (Lipinski definition) is 5. The minimum atomic E-state index is -0.651. The Morgan fingerprint density at radius 3 is 2.88 bits per heavy atom. The maximum Gasteiger partial charge on any atom is 0.427 e. The summed E-state index contributed by atoms with van der Waals surface area (Å²) in [5.41, 5.74) is 2.81. The summed E-state index contributed by atoms with van der Waals surface area (Å²) in [6.07, 6.45) is 0.751. The van der Waals surface area contributed by atoms with Crippen molar-refractivity contribution in [1.82, 2.24) is 5.43 Å². The average Bonchev–Trinajstić information content (AvgIpc) is 2.31. The van der Waals surface area contributed by atoms with Gasteiger partial charge in [0.05, 0.1) is 20.4 Å². The summed E-state index contributed by atoms with van der Waals surface area (Å²) in [5, 5.41) is 13.0. The first-order valence-corrected chi connectivity index (χ1v) is 4.41. The molecule has 0 aliphatic carbocycles. The van der Waals surface area contributed by atoms with Crippen LogP contribution >= 0.6 is 0 Å². The van der Waals surface area contributed by atoms with Gasteiger partial charge < -0.3 is 14.6 Å². The van der Waals surface area contributed by atoms with E-state index in [0.29, 0.717) is 11.3 Å². The molecule has 0 aliphatic rings. The van der Waals surface area contributed by atoms with Gasteiger partial charge in [-0.05, 0) is 23.8 Å². The molecule has 16 heavy (non-hydrogen) atoms. The number of ether oxygens (including phenoxy) is 2. The van der Waals surface area contributed by atoms with Crippen molar-refractivity contribution >= 4 is 12.3 Å². The van der Waals surface area contributed by atoms with Gasteiger partial charge in [0.15, 0.2) is 11.5 Å². The van der Waals surface area contributed by atoms with E-state index in [9.17, 15) is 9.90 Å². The molecule has 0 aliphatic heterocycles. The summed E-state index contributed by atoms with van der Waals surface area (Å²) in [4.78, 5) is 10.7. The third kappa shape index (κ3) is 3.16. The number of nitrogens with zero attached hydrogens (tertiary/aromatic N) is 1. The Morgan fingerprint density at radius 2 is 2.25 bits per heavy atom. The predicted molar refractivity (Wildman–Crippen MR) is 57.8 cm³/mol. The standard InChI is InChI=1S/C10H12N2O4/c1-15-9-5-7(3-4-8(9)13)6-11-12-10(14)16-2/h3-6,13H,1-2H3,(H,12,14)/b11-6+. The van der Waals surface area contributed by atoms with Gasteiger partial charge in [-0.1, -0.05) is 0 Å². The topological polar surface area (TPSA) is 80.2 Å². The second-order valence-corrected chi connectivity index (χ2v) is 2.79. The fourth-order valence-electron chi connectivity index (χ4n) is 0.980. The zero-order chi connectivity index (χ0) is 12.0. The van der Waals surface area contributed by atoms with Crippen molar-refractivity contribution in [2.24, 2.45) is 5.10 Å². The van der Waals surface area contributed by atoms with Gasteiger partial charge >= 0.3 is 6.09 Å². The number of phenols is 1. The van der Waals surface area contributed by atoms with Gasteiger partial charge in [-0.25, -0.2) is 10.2 Å². The molecular formula is C10H12N2O4. The number of methoxy groups -OCH3 is 2. The quantitative estimate of drug-likeness (QED) is 0.595. The van der Waals surface area contributed by atoms with E-state index in [-0.39, 0.29) is 5.75 Å². The number of carbonyl (C=O) groups excluding carboxylic acids is 1. The fourth-order valence-corrected chi connectivity index (χ4v) is 0.980. The van der Waals surface area contributed by atoms with Crippen molar-refractivity contribution in [1.29, 1.82) is 0 Å². The van der Waals surface area contributed by atoms with E-state index >= 15 is 0 Å². The Balaban J connectivity index is 2.70. The van der Waals surface area contributed by atoms with E-state index in [4.69, 9.17) is 4.74 Å². The minimum absolute atomic E-state index is 0.0422. The SMILES string of the molecule is COC(=O)N/N=C/c1ccc(O)c(OC)c1. The molecule has 0 aromatic heterocycles. The lowest BCUT2D eigenvalue weighted by Gasteiger charge is -2.03. The number of aromatic hydroxyl groups is 1. The van der Waals surface area contributed by atoms with Gasteiger partial charge in [0.25, 0.3) is 0 Å². The Kier molecular flexibility index (Phi) is 4.14. The average molecular weight is 224 g/mol. The molecule has 0 heterocycles. The fraction of sp³-hybridized carbons (Fsp3) is 0.200. The van der Waals surface area contributed by atoms with Crippen LogP contribution in [-0.4, -0.2) is 31.6 Å². The van der Waals surface area contributed by atoms with Crippen LogP contribution in [0.3, 0.4) is 0 Å². The van der Waals surface area contributed by atoms with Crippen LogP contribution in [0.2, 0.25) is 0 Å². The first kappa shape index (κ1) is 11.8. The summed E-state index contributed by atoms with van der Waals surface area (Å²) in [7, 11) is 2.69. The molecule has 86 valence electrons. The van der Waals surface area contributed by atoms with E-state index in [1.54, 1.807) is 12.1 Å². The van der Waals surface area contributed by atoms with Crippen molar-refractivity contribution < 1.29 is 19.4 Å². The summed E-state index contributed by atoms with van der Waals surface area (Å²) in [6, 6.07) is 4.68. The molecule has 1 aromatic rings. The number of amides is 1. The molecule has 0 fully saturated rings. The van der Waals surface area contributed by atoms with E-state index in [2.05, 4.69) is 15.3 Å². The molecule has 6 nitrogen and oxygen atoms in total. The molecule has 1 aromatic carbocycles. The van der Waals surface area contributed by atoms with Crippen LogP contribution < -0.4 is 10.2 Å². The lowest BCUT2D eigenvalue weighted by atomic mass is 10.2. The number of phenolic OH excluding ortho intramolecular Hbond substituents is 1. The number of carbonyl (C=O) groups is 1. The monoisotopic (exact) mass is 224 g/mol. The molecule has 0 saturated heterocycles. The molecule has 0 spiro atoms. The van der Waals surface area contributed by atoms with Gasteiger partial charge in [-0.3, -0.25) is 0 Å². The zero-order valence-corrected chi connectivity index (χ0v) is 8.93. The highest BCUT2D eigenvalue weighted by Crippen LogP contribution is 2.25. The van der Waals surface area contributed by atoms with Crippen LogP contribution in [0.4, 0.5) is 4.79 Å². The maximum absolute atomic E-state index is 10.7. The zero-order valence-electron chi connectivity index (χ0n) is 8.93. The molecule has 0 unspecified atom stereocenters. The summed E-state index contributed by atoms with van der Waals surface area (Å²) >= 11 is 0. The van der Waals surface area contributed by atoms with Crippen LogP contribution in [0.15, 0.2) is 23.3 Å². The van der Waals surface area contributed by atoms with Crippen molar-refractivity contribution in [3.05, 3.63) is 23.8 Å². The smallest absolute Gasteiger partial charge is 0.427 e. The molecule has 1 amide bonds. The van der Waals surface area contributed by atoms with Crippen LogP contribution in [0.25, 0.3) is 0 Å². The number of hydrogen-bond donors (Lipinski definition) is 2. The van der Waals surface area contributed by atoms with Gasteiger partial charge in [0, 0.05) is 0 Å². The molecule has 0 saturated carbocycles. The second kappa shape index (κ2) is 5.59. The summed E-state index contributed by atoms with van der Waals surface area (Å²) in [6.45, 7) is 0. The highest BCUT2D eigenvalue weighted by molar-refractivity contribution is 5.81. The highest BCUT2D eigenvalue weighted by atomic mass is 16.5. The maximum atomic E-state index is 10.7. The van der Waals surface area contributed by atoms with E-state index in [1.807, 2.05) is 0 Å². The van der Waals surface area contributed by atoms with Crippen LogP contribution in [0.1, 0.15) is 5.56 Å². The second-order valence-electron chi connectivity index (χ2n) is 2.79. The van der Waals surface area contributed by atoms with Gasteiger partial charge in [-0.2, -0.15) is 5.10 Å². The molecule has 6 heteroatoms. The molecule has 0 bridgehead atoms. The number of hydrazone groups is 1. The Bertz CT molecular complexity index is 404. The van der Waals surface area contributed by atoms with Crippen LogP contribution in [0, 0.1) is 0 Å². The molecule has 0 atom stereocenters. The van der Waals surface area contributed by atoms with Gasteiger partial charge in [0.2, 0.25) is 0 Å².